The second-order valence-corrected chi connectivity index (χ2v) is 6.97. The maximum Gasteiger partial charge on any atom is 0.240 e. The first-order valence-electron chi connectivity index (χ1n) is 5.40. The van der Waals surface area contributed by atoms with Crippen LogP contribution in [-0.4, -0.2) is 27.5 Å². The van der Waals surface area contributed by atoms with E-state index >= 15 is 0 Å². The first-order valence-corrected chi connectivity index (χ1v) is 7.96. The van der Waals surface area contributed by atoms with Crippen molar-refractivity contribution >= 4 is 32.6 Å². The molecule has 0 amide bonds. The number of hydrogen-bond acceptors (Lipinski definition) is 3. The zero-order valence-corrected chi connectivity index (χ0v) is 12.9. The summed E-state index contributed by atoms with van der Waals surface area (Å²) in [5.74, 6) is 0. The molecule has 0 aliphatic carbocycles. The summed E-state index contributed by atoms with van der Waals surface area (Å²) in [7, 11) is -3.37. The van der Waals surface area contributed by atoms with Gasteiger partial charge in [0.1, 0.15) is 0 Å². The van der Waals surface area contributed by atoms with Crippen LogP contribution in [0, 0.1) is 3.57 Å². The fraction of sp³-hybridized carbons (Fsp3) is 0.455. The van der Waals surface area contributed by atoms with Gasteiger partial charge in [0.2, 0.25) is 10.0 Å². The lowest BCUT2D eigenvalue weighted by Crippen LogP contribution is -2.34. The Morgan fingerprint density at radius 1 is 1.18 bits per heavy atom. The monoisotopic (exact) mass is 368 g/mol. The highest BCUT2D eigenvalue weighted by Crippen LogP contribution is 2.11. The van der Waals surface area contributed by atoms with Gasteiger partial charge >= 0.3 is 0 Å². The minimum Gasteiger partial charge on any atom is -0.313 e. The van der Waals surface area contributed by atoms with Crippen LogP contribution in [-0.2, 0) is 10.0 Å². The lowest BCUT2D eigenvalue weighted by atomic mass is 10.4. The van der Waals surface area contributed by atoms with E-state index in [-0.39, 0.29) is 0 Å². The van der Waals surface area contributed by atoms with E-state index < -0.39 is 10.0 Å². The second-order valence-electron chi connectivity index (χ2n) is 3.96. The first-order chi connectivity index (χ1) is 7.92. The predicted molar refractivity (Wildman–Crippen MR) is 77.5 cm³/mol. The fourth-order valence-corrected chi connectivity index (χ4v) is 2.63. The number of halogens is 1. The summed E-state index contributed by atoms with van der Waals surface area (Å²) in [5, 5.41) is 3.15. The molecule has 0 atom stereocenters. The van der Waals surface area contributed by atoms with E-state index in [0.717, 1.165) is 3.57 Å². The molecule has 6 heteroatoms. The average Bonchev–Trinajstić information content (AvgIpc) is 2.25. The Morgan fingerprint density at radius 2 is 1.76 bits per heavy atom. The maximum absolute atomic E-state index is 11.8. The summed E-state index contributed by atoms with van der Waals surface area (Å²) < 4.78 is 27.3. The Morgan fingerprint density at radius 3 is 2.29 bits per heavy atom. The molecule has 0 aliphatic rings. The van der Waals surface area contributed by atoms with Crippen molar-refractivity contribution in [2.24, 2.45) is 0 Å². The van der Waals surface area contributed by atoms with Crippen LogP contribution in [0.3, 0.4) is 0 Å². The largest absolute Gasteiger partial charge is 0.313 e. The Labute approximate surface area is 116 Å². The predicted octanol–water partition coefficient (Wildman–Crippen LogP) is 1.57. The lowest BCUT2D eigenvalue weighted by Gasteiger charge is -2.09. The standard InChI is InChI=1S/C11H17IN2O2S/c1-9(2)13-7-8-14-17(15,16)11-5-3-10(12)4-6-11/h3-6,9,13-14H,7-8H2,1-2H3. The van der Waals surface area contributed by atoms with Crippen LogP contribution in [0.15, 0.2) is 29.2 Å². The zero-order valence-electron chi connectivity index (χ0n) is 9.90. The van der Waals surface area contributed by atoms with Crippen LogP contribution >= 0.6 is 22.6 Å². The summed E-state index contributed by atoms with van der Waals surface area (Å²) in [6.45, 7) is 5.06. The SMILES string of the molecule is CC(C)NCCNS(=O)(=O)c1ccc(I)cc1. The van der Waals surface area contributed by atoms with Crippen LogP contribution in [0.4, 0.5) is 0 Å². The Bertz CT molecular complexity index is 443. The topological polar surface area (TPSA) is 58.2 Å². The third kappa shape index (κ3) is 5.33. The molecule has 0 unspecified atom stereocenters. The molecule has 1 aromatic carbocycles. The summed E-state index contributed by atoms with van der Waals surface area (Å²) in [4.78, 5) is 0.308. The Hall–Kier alpha value is -0.180. The van der Waals surface area contributed by atoms with E-state index in [1.54, 1.807) is 24.3 Å². The van der Waals surface area contributed by atoms with Crippen molar-refractivity contribution in [2.45, 2.75) is 24.8 Å². The molecule has 0 fully saturated rings. The molecule has 0 aromatic heterocycles. The van der Waals surface area contributed by atoms with Gasteiger partial charge in [0.15, 0.2) is 0 Å². The van der Waals surface area contributed by atoms with Crippen LogP contribution in [0.2, 0.25) is 0 Å². The summed E-state index contributed by atoms with van der Waals surface area (Å²) in [5.41, 5.74) is 0. The number of sulfonamides is 1. The number of hydrogen-bond donors (Lipinski definition) is 2. The van der Waals surface area contributed by atoms with Crippen molar-refractivity contribution < 1.29 is 8.42 Å². The van der Waals surface area contributed by atoms with E-state index in [2.05, 4.69) is 32.6 Å². The second kappa shape index (κ2) is 6.67. The van der Waals surface area contributed by atoms with Crippen molar-refractivity contribution in [1.29, 1.82) is 0 Å². The molecular weight excluding hydrogens is 351 g/mol. The molecule has 4 nitrogen and oxygen atoms in total. The van der Waals surface area contributed by atoms with Gasteiger partial charge in [0.05, 0.1) is 4.90 Å². The molecule has 0 bridgehead atoms. The molecule has 0 saturated carbocycles. The van der Waals surface area contributed by atoms with Gasteiger partial charge in [-0.15, -0.1) is 0 Å². The number of nitrogens with one attached hydrogen (secondary N) is 2. The molecule has 1 rings (SSSR count). The van der Waals surface area contributed by atoms with Gasteiger partial charge in [-0.25, -0.2) is 13.1 Å². The smallest absolute Gasteiger partial charge is 0.240 e. The average molecular weight is 368 g/mol. The van der Waals surface area contributed by atoms with Gasteiger partial charge in [0, 0.05) is 22.7 Å². The van der Waals surface area contributed by atoms with Gasteiger partial charge in [0.25, 0.3) is 0 Å². The van der Waals surface area contributed by atoms with Gasteiger partial charge in [-0.05, 0) is 46.9 Å². The van der Waals surface area contributed by atoms with Crippen molar-refractivity contribution in [3.05, 3.63) is 27.8 Å². The van der Waals surface area contributed by atoms with Crippen molar-refractivity contribution in [3.63, 3.8) is 0 Å². The quantitative estimate of drug-likeness (QED) is 0.592. The minimum absolute atomic E-state index is 0.308. The van der Waals surface area contributed by atoms with Gasteiger partial charge in [-0.2, -0.15) is 0 Å². The van der Waals surface area contributed by atoms with Crippen molar-refractivity contribution in [1.82, 2.24) is 10.0 Å². The van der Waals surface area contributed by atoms with Crippen molar-refractivity contribution in [3.8, 4) is 0 Å². The molecule has 0 spiro atoms. The summed E-state index contributed by atoms with van der Waals surface area (Å²) in [6, 6.07) is 7.14. The molecule has 0 aliphatic heterocycles. The molecule has 2 N–H and O–H groups in total. The molecule has 96 valence electrons. The van der Waals surface area contributed by atoms with E-state index in [1.807, 2.05) is 13.8 Å². The fourth-order valence-electron chi connectivity index (χ4n) is 1.24. The molecule has 17 heavy (non-hydrogen) atoms. The molecule has 0 heterocycles. The molecule has 0 radical (unpaired) electrons. The van der Waals surface area contributed by atoms with Gasteiger partial charge in [-0.3, -0.25) is 0 Å². The number of benzene rings is 1. The molecule has 1 aromatic rings. The normalized spacial score (nSPS) is 12.0. The van der Waals surface area contributed by atoms with E-state index in [0.29, 0.717) is 24.0 Å². The minimum atomic E-state index is -3.37. The summed E-state index contributed by atoms with van der Waals surface area (Å²) in [6.07, 6.45) is 0. The maximum atomic E-state index is 11.8. The van der Waals surface area contributed by atoms with Gasteiger partial charge in [-0.1, -0.05) is 13.8 Å². The highest BCUT2D eigenvalue weighted by molar-refractivity contribution is 14.1. The molecular formula is C11H17IN2O2S. The number of rotatable bonds is 6. The summed E-state index contributed by atoms with van der Waals surface area (Å²) >= 11 is 2.14. The van der Waals surface area contributed by atoms with E-state index in [4.69, 9.17) is 0 Å². The Kier molecular flexibility index (Phi) is 5.84. The highest BCUT2D eigenvalue weighted by atomic mass is 127. The lowest BCUT2D eigenvalue weighted by molar-refractivity contribution is 0.559. The van der Waals surface area contributed by atoms with Crippen LogP contribution < -0.4 is 10.0 Å². The van der Waals surface area contributed by atoms with Crippen molar-refractivity contribution in [2.75, 3.05) is 13.1 Å². The van der Waals surface area contributed by atoms with E-state index in [1.165, 1.54) is 0 Å². The van der Waals surface area contributed by atoms with Crippen LogP contribution in [0.5, 0.6) is 0 Å². The Balaban J connectivity index is 2.54. The highest BCUT2D eigenvalue weighted by Gasteiger charge is 2.12. The molecule has 0 saturated heterocycles. The van der Waals surface area contributed by atoms with Crippen LogP contribution in [0.25, 0.3) is 0 Å². The first kappa shape index (κ1) is 14.9. The third-order valence-electron chi connectivity index (χ3n) is 2.09. The third-order valence-corrected chi connectivity index (χ3v) is 4.29. The van der Waals surface area contributed by atoms with Gasteiger partial charge < -0.3 is 5.32 Å². The van der Waals surface area contributed by atoms with E-state index in [9.17, 15) is 8.42 Å². The zero-order chi connectivity index (χ0) is 12.9. The van der Waals surface area contributed by atoms with Crippen LogP contribution in [0.1, 0.15) is 13.8 Å².